The van der Waals surface area contributed by atoms with Crippen LogP contribution >= 0.6 is 7.75 Å². The molecule has 6 heteroatoms. The molecule has 0 aliphatic rings. The largest absolute Gasteiger partial charge is 0.432 e. The number of ketones is 1. The van der Waals surface area contributed by atoms with Gasteiger partial charge in [0, 0.05) is 17.8 Å². The Kier molecular flexibility index (Phi) is 6.50. The fourth-order valence-corrected chi connectivity index (χ4v) is 2.52. The quantitative estimate of drug-likeness (QED) is 0.451. The Bertz CT molecular complexity index is 463. The van der Waals surface area contributed by atoms with Gasteiger partial charge in [-0.3, -0.25) is 18.9 Å². The molecule has 1 aromatic carbocycles. The maximum atomic E-state index is 12.0. The zero-order valence-corrected chi connectivity index (χ0v) is 11.9. The van der Waals surface area contributed by atoms with Crippen LogP contribution in [0.5, 0.6) is 0 Å². The molecule has 0 spiro atoms. The van der Waals surface area contributed by atoms with E-state index in [1.807, 2.05) is 6.07 Å². The van der Waals surface area contributed by atoms with Crippen LogP contribution in [0.25, 0.3) is 0 Å². The first-order chi connectivity index (χ1) is 9.11. The molecule has 1 aromatic rings. The number of hydrogen-bond donors (Lipinski definition) is 1. The van der Waals surface area contributed by atoms with Gasteiger partial charge in [-0.1, -0.05) is 30.3 Å². The standard InChI is InChI=1S/C13H18NO4P/c1-3-17-19(16,18-4-2)14-11-10-13(15)12-8-6-5-7-9-12/h5-11H,3-4H2,1-2H3,(H,14,16)/b11-10+. The van der Waals surface area contributed by atoms with Crippen LogP contribution in [-0.4, -0.2) is 19.0 Å². The molecule has 0 heterocycles. The minimum atomic E-state index is -3.36. The SMILES string of the molecule is CCOP(=O)(N/C=C/C(=O)c1ccccc1)OCC. The second kappa shape index (κ2) is 7.89. The van der Waals surface area contributed by atoms with E-state index in [1.165, 1.54) is 12.3 Å². The Morgan fingerprint density at radius 1 is 1.21 bits per heavy atom. The minimum absolute atomic E-state index is 0.187. The van der Waals surface area contributed by atoms with Crippen LogP contribution in [0.2, 0.25) is 0 Å². The van der Waals surface area contributed by atoms with Crippen LogP contribution in [0.3, 0.4) is 0 Å². The Labute approximate surface area is 113 Å². The van der Waals surface area contributed by atoms with Crippen molar-refractivity contribution in [3.8, 4) is 0 Å². The summed E-state index contributed by atoms with van der Waals surface area (Å²) in [5.74, 6) is -0.187. The third-order valence-corrected chi connectivity index (χ3v) is 3.79. The fourth-order valence-electron chi connectivity index (χ4n) is 1.35. The molecule has 1 rings (SSSR count). The lowest BCUT2D eigenvalue weighted by Gasteiger charge is -2.15. The number of carbonyl (C=O) groups excluding carboxylic acids is 1. The van der Waals surface area contributed by atoms with Crippen molar-refractivity contribution >= 4 is 13.5 Å². The van der Waals surface area contributed by atoms with Gasteiger partial charge in [0.05, 0.1) is 13.2 Å². The summed E-state index contributed by atoms with van der Waals surface area (Å²) in [7, 11) is -3.36. The lowest BCUT2D eigenvalue weighted by molar-refractivity contribution is 0.104. The summed E-state index contributed by atoms with van der Waals surface area (Å²) in [5, 5.41) is 2.51. The lowest BCUT2D eigenvalue weighted by atomic mass is 10.1. The van der Waals surface area contributed by atoms with Gasteiger partial charge in [0.2, 0.25) is 0 Å². The number of rotatable bonds is 8. The van der Waals surface area contributed by atoms with E-state index in [1.54, 1.807) is 38.1 Å². The van der Waals surface area contributed by atoms with Crippen molar-refractivity contribution in [2.45, 2.75) is 13.8 Å². The van der Waals surface area contributed by atoms with E-state index in [0.717, 1.165) is 0 Å². The van der Waals surface area contributed by atoms with Gasteiger partial charge in [0.1, 0.15) is 0 Å². The van der Waals surface area contributed by atoms with Gasteiger partial charge in [-0.05, 0) is 13.8 Å². The number of nitrogens with one attached hydrogen (secondary N) is 1. The number of hydrogen-bond acceptors (Lipinski definition) is 4. The summed E-state index contributed by atoms with van der Waals surface area (Å²) < 4.78 is 22.0. The Morgan fingerprint density at radius 3 is 2.32 bits per heavy atom. The topological polar surface area (TPSA) is 64.6 Å². The van der Waals surface area contributed by atoms with Gasteiger partial charge in [0.25, 0.3) is 0 Å². The van der Waals surface area contributed by atoms with Gasteiger partial charge in [0.15, 0.2) is 5.78 Å². The van der Waals surface area contributed by atoms with E-state index in [0.29, 0.717) is 5.56 Å². The molecule has 0 atom stereocenters. The summed E-state index contributed by atoms with van der Waals surface area (Å²) in [6.07, 6.45) is 2.58. The molecular weight excluding hydrogens is 265 g/mol. The van der Waals surface area contributed by atoms with Crippen molar-refractivity contribution in [2.24, 2.45) is 0 Å². The first-order valence-corrected chi connectivity index (χ1v) is 7.58. The summed E-state index contributed by atoms with van der Waals surface area (Å²) in [6, 6.07) is 8.80. The maximum absolute atomic E-state index is 12.0. The Balaban J connectivity index is 2.61. The molecule has 19 heavy (non-hydrogen) atoms. The highest BCUT2D eigenvalue weighted by Crippen LogP contribution is 2.43. The van der Waals surface area contributed by atoms with E-state index < -0.39 is 7.75 Å². The highest BCUT2D eigenvalue weighted by atomic mass is 31.2. The summed E-state index contributed by atoms with van der Waals surface area (Å²) in [4.78, 5) is 11.7. The van der Waals surface area contributed by atoms with Crippen molar-refractivity contribution in [3.63, 3.8) is 0 Å². The highest BCUT2D eigenvalue weighted by Gasteiger charge is 2.21. The van der Waals surface area contributed by atoms with E-state index in [4.69, 9.17) is 9.05 Å². The highest BCUT2D eigenvalue weighted by molar-refractivity contribution is 7.51. The van der Waals surface area contributed by atoms with Gasteiger partial charge < -0.3 is 0 Å². The monoisotopic (exact) mass is 283 g/mol. The predicted molar refractivity (Wildman–Crippen MR) is 73.9 cm³/mol. The van der Waals surface area contributed by atoms with Gasteiger partial charge in [-0.2, -0.15) is 0 Å². The molecule has 0 saturated heterocycles. The number of carbonyl (C=O) groups is 1. The number of allylic oxidation sites excluding steroid dienone is 1. The van der Waals surface area contributed by atoms with Gasteiger partial charge in [-0.15, -0.1) is 0 Å². The van der Waals surface area contributed by atoms with Crippen LogP contribution in [-0.2, 0) is 13.6 Å². The molecule has 0 fully saturated rings. The first-order valence-electron chi connectivity index (χ1n) is 6.04. The van der Waals surface area contributed by atoms with Crippen LogP contribution < -0.4 is 5.09 Å². The Morgan fingerprint density at radius 2 is 1.79 bits per heavy atom. The molecule has 0 bridgehead atoms. The minimum Gasteiger partial charge on any atom is -0.299 e. The summed E-state index contributed by atoms with van der Waals surface area (Å²) in [5.41, 5.74) is 0.559. The third-order valence-electron chi connectivity index (χ3n) is 2.12. The first kappa shape index (κ1) is 15.6. The zero-order valence-electron chi connectivity index (χ0n) is 11.0. The molecule has 0 aliphatic carbocycles. The van der Waals surface area contributed by atoms with Crippen LogP contribution in [0, 0.1) is 0 Å². The molecular formula is C13H18NO4P. The maximum Gasteiger partial charge on any atom is 0.432 e. The Hall–Kier alpha value is -1.42. The normalized spacial score (nSPS) is 11.7. The van der Waals surface area contributed by atoms with E-state index in [9.17, 15) is 9.36 Å². The zero-order chi connectivity index (χ0) is 14.1. The smallest absolute Gasteiger partial charge is 0.299 e. The molecule has 1 N–H and O–H groups in total. The average molecular weight is 283 g/mol. The number of benzene rings is 1. The molecule has 104 valence electrons. The van der Waals surface area contributed by atoms with Crippen molar-refractivity contribution in [3.05, 3.63) is 48.2 Å². The molecule has 0 radical (unpaired) electrons. The molecule has 0 aliphatic heterocycles. The predicted octanol–water partition coefficient (Wildman–Crippen LogP) is 3.15. The molecule has 0 unspecified atom stereocenters. The molecule has 0 aromatic heterocycles. The molecule has 0 amide bonds. The van der Waals surface area contributed by atoms with E-state index in [-0.39, 0.29) is 19.0 Å². The summed E-state index contributed by atoms with van der Waals surface area (Å²) >= 11 is 0. The summed E-state index contributed by atoms with van der Waals surface area (Å²) in [6.45, 7) is 3.94. The van der Waals surface area contributed by atoms with Crippen molar-refractivity contribution < 1.29 is 18.4 Å². The van der Waals surface area contributed by atoms with Gasteiger partial charge >= 0.3 is 7.75 Å². The van der Waals surface area contributed by atoms with E-state index >= 15 is 0 Å². The van der Waals surface area contributed by atoms with Crippen LogP contribution in [0.4, 0.5) is 0 Å². The molecule has 5 nitrogen and oxygen atoms in total. The lowest BCUT2D eigenvalue weighted by Crippen LogP contribution is -2.09. The van der Waals surface area contributed by atoms with Gasteiger partial charge in [-0.25, -0.2) is 4.57 Å². The van der Waals surface area contributed by atoms with Crippen molar-refractivity contribution in [1.82, 2.24) is 5.09 Å². The molecule has 0 saturated carbocycles. The average Bonchev–Trinajstić information content (AvgIpc) is 2.40. The second-order valence-electron chi connectivity index (χ2n) is 3.53. The fraction of sp³-hybridized carbons (Fsp3) is 0.308. The van der Waals surface area contributed by atoms with Crippen molar-refractivity contribution in [1.29, 1.82) is 0 Å². The third kappa shape index (κ3) is 5.39. The van der Waals surface area contributed by atoms with Crippen LogP contribution in [0.15, 0.2) is 42.6 Å². The van der Waals surface area contributed by atoms with Crippen LogP contribution in [0.1, 0.15) is 24.2 Å². The second-order valence-corrected chi connectivity index (χ2v) is 5.30. The van der Waals surface area contributed by atoms with E-state index in [2.05, 4.69) is 5.09 Å². The van der Waals surface area contributed by atoms with Crippen molar-refractivity contribution in [2.75, 3.05) is 13.2 Å².